The number of hydrogen-bond acceptors (Lipinski definition) is 10. The van der Waals surface area contributed by atoms with Crippen LogP contribution in [0.15, 0.2) is 10.5 Å². The van der Waals surface area contributed by atoms with Crippen LogP contribution in [0.3, 0.4) is 0 Å². The van der Waals surface area contributed by atoms with Crippen LogP contribution in [0.2, 0.25) is 0 Å². The smallest absolute Gasteiger partial charge is 0.354 e. The fourth-order valence-electron chi connectivity index (χ4n) is 2.91. The van der Waals surface area contributed by atoms with E-state index in [1.165, 1.54) is 16.2 Å². The maximum atomic E-state index is 13.0. The molecule has 2 saturated heterocycles. The molecule has 2 amide bonds. The minimum atomic E-state index is -1.38. The van der Waals surface area contributed by atoms with Crippen LogP contribution < -0.4 is 5.48 Å². The molecule has 0 unspecified atom stereocenters. The number of rotatable bonds is 7. The van der Waals surface area contributed by atoms with Crippen molar-refractivity contribution in [2.24, 2.45) is 5.16 Å². The number of nitrogens with zero attached hydrogens (tertiary/aromatic N) is 3. The minimum absolute atomic E-state index is 0.0754. The van der Waals surface area contributed by atoms with Gasteiger partial charge in [-0.25, -0.2) is 20.1 Å². The van der Waals surface area contributed by atoms with Gasteiger partial charge in [-0.3, -0.25) is 14.5 Å². The average molecular weight is 455 g/mol. The molecule has 11 nitrogen and oxygen atoms in total. The van der Waals surface area contributed by atoms with E-state index in [2.05, 4.69) is 15.6 Å². The maximum absolute atomic E-state index is 13.0. The quantitative estimate of drug-likeness (QED) is 0.373. The molecule has 0 spiro atoms. The number of carbonyl (C=O) groups is 3. The molecule has 0 saturated carbocycles. The Morgan fingerprint density at radius 2 is 2.06 bits per heavy atom. The number of urea groups is 1. The van der Waals surface area contributed by atoms with E-state index in [9.17, 15) is 14.4 Å². The lowest BCUT2D eigenvalue weighted by Gasteiger charge is -2.34. The van der Waals surface area contributed by atoms with Crippen molar-refractivity contribution < 1.29 is 33.5 Å². The van der Waals surface area contributed by atoms with E-state index in [4.69, 9.17) is 19.1 Å². The fraction of sp³-hybridized carbons (Fsp3) is 0.632. The van der Waals surface area contributed by atoms with Gasteiger partial charge >= 0.3 is 12.0 Å². The van der Waals surface area contributed by atoms with Gasteiger partial charge in [-0.2, -0.15) is 0 Å². The zero-order valence-corrected chi connectivity index (χ0v) is 18.7. The molecular formula is C19H26N4O7S. The normalized spacial score (nSPS) is 19.2. The summed E-state index contributed by atoms with van der Waals surface area (Å²) in [5.41, 5.74) is 0.282. The lowest BCUT2D eigenvalue weighted by atomic mass is 9.94. The van der Waals surface area contributed by atoms with Gasteiger partial charge in [-0.1, -0.05) is 5.16 Å². The Kier molecular flexibility index (Phi) is 6.92. The number of thiazole rings is 1. The van der Waals surface area contributed by atoms with Crippen LogP contribution in [0.25, 0.3) is 0 Å². The SMILES string of the molecule is Cc1nc(/C(=N/OC2(C(=O)OC(C)(C)C)CCOCC2)C(=O)CN2CONC2=O)cs1. The van der Waals surface area contributed by atoms with Gasteiger partial charge < -0.3 is 14.3 Å². The number of ether oxygens (including phenoxy) is 2. The molecule has 3 heterocycles. The maximum Gasteiger partial charge on any atom is 0.354 e. The van der Waals surface area contributed by atoms with Gasteiger partial charge in [-0.15, -0.1) is 11.3 Å². The minimum Gasteiger partial charge on any atom is -0.457 e. The highest BCUT2D eigenvalue weighted by Crippen LogP contribution is 2.29. The van der Waals surface area contributed by atoms with Crippen molar-refractivity contribution in [3.8, 4) is 0 Å². The van der Waals surface area contributed by atoms with Gasteiger partial charge in [0.1, 0.15) is 11.3 Å². The van der Waals surface area contributed by atoms with Crippen molar-refractivity contribution in [3.05, 3.63) is 16.1 Å². The number of hydroxylamine groups is 1. The molecular weight excluding hydrogens is 428 g/mol. The second-order valence-electron chi connectivity index (χ2n) is 8.19. The molecule has 170 valence electrons. The standard InChI is InChI=1S/C19H26N4O7S/c1-12-20-13(10-31-12)15(14(24)9-23-11-28-22-17(23)26)21-30-19(5-7-27-8-6-19)16(25)29-18(2,3)4/h10H,5-9,11H2,1-4H3,(H,22,26)/b21-15-. The Balaban J connectivity index is 1.87. The summed E-state index contributed by atoms with van der Waals surface area (Å²) in [4.78, 5) is 53.7. The average Bonchev–Trinajstić information content (AvgIpc) is 3.30. The van der Waals surface area contributed by atoms with E-state index in [0.29, 0.717) is 18.9 Å². The number of oxime groups is 1. The Morgan fingerprint density at radius 3 is 2.61 bits per heavy atom. The molecule has 3 rings (SSSR count). The first kappa shape index (κ1) is 23.1. The Morgan fingerprint density at radius 1 is 1.35 bits per heavy atom. The number of esters is 1. The highest BCUT2D eigenvalue weighted by molar-refractivity contribution is 7.09. The van der Waals surface area contributed by atoms with Crippen LogP contribution in [-0.2, 0) is 28.7 Å². The summed E-state index contributed by atoms with van der Waals surface area (Å²) in [5, 5.41) is 6.47. The molecule has 0 aromatic carbocycles. The Hall–Kier alpha value is -2.57. The Bertz CT molecular complexity index is 871. The Labute approximate surface area is 183 Å². The molecule has 1 aromatic rings. The summed E-state index contributed by atoms with van der Waals surface area (Å²) in [6.07, 6.45) is 0.455. The van der Waals surface area contributed by atoms with Gasteiger partial charge in [0, 0.05) is 18.2 Å². The van der Waals surface area contributed by atoms with Crippen molar-refractivity contribution in [2.75, 3.05) is 26.5 Å². The molecule has 0 radical (unpaired) electrons. The van der Waals surface area contributed by atoms with E-state index in [0.717, 1.165) is 5.01 Å². The number of aromatic nitrogens is 1. The van der Waals surface area contributed by atoms with Crippen molar-refractivity contribution in [3.63, 3.8) is 0 Å². The van der Waals surface area contributed by atoms with Crippen molar-refractivity contribution in [2.45, 2.75) is 51.7 Å². The van der Waals surface area contributed by atoms with Gasteiger partial charge in [-0.05, 0) is 27.7 Å². The van der Waals surface area contributed by atoms with Crippen molar-refractivity contribution in [1.29, 1.82) is 0 Å². The van der Waals surface area contributed by atoms with E-state index >= 15 is 0 Å². The number of amides is 2. The summed E-state index contributed by atoms with van der Waals surface area (Å²) in [6.45, 7) is 7.30. The third kappa shape index (κ3) is 5.77. The predicted molar refractivity (Wildman–Crippen MR) is 109 cm³/mol. The molecule has 2 aliphatic rings. The highest BCUT2D eigenvalue weighted by Gasteiger charge is 2.46. The van der Waals surface area contributed by atoms with E-state index in [1.807, 2.05) is 0 Å². The molecule has 0 atom stereocenters. The molecule has 1 N–H and O–H groups in total. The molecule has 2 fully saturated rings. The van der Waals surface area contributed by atoms with Crippen molar-refractivity contribution in [1.82, 2.24) is 15.4 Å². The molecule has 0 bridgehead atoms. The van der Waals surface area contributed by atoms with E-state index in [-0.39, 0.29) is 31.8 Å². The summed E-state index contributed by atoms with van der Waals surface area (Å²) in [7, 11) is 0. The van der Waals surface area contributed by atoms with Crippen LogP contribution in [0.5, 0.6) is 0 Å². The van der Waals surface area contributed by atoms with Crippen LogP contribution in [-0.4, -0.2) is 71.1 Å². The van der Waals surface area contributed by atoms with Gasteiger partial charge in [0.25, 0.3) is 0 Å². The summed E-state index contributed by atoms with van der Waals surface area (Å²) in [6, 6.07) is -0.530. The zero-order valence-electron chi connectivity index (χ0n) is 17.9. The van der Waals surface area contributed by atoms with E-state index < -0.39 is 29.0 Å². The number of ketones is 1. The zero-order chi connectivity index (χ0) is 22.6. The monoisotopic (exact) mass is 454 g/mol. The fourth-order valence-corrected chi connectivity index (χ4v) is 3.51. The van der Waals surface area contributed by atoms with Crippen molar-refractivity contribution >= 4 is 34.8 Å². The van der Waals surface area contributed by atoms with Crippen LogP contribution >= 0.6 is 11.3 Å². The molecule has 2 aliphatic heterocycles. The summed E-state index contributed by atoms with van der Waals surface area (Å²) < 4.78 is 10.9. The lowest BCUT2D eigenvalue weighted by Crippen LogP contribution is -2.49. The van der Waals surface area contributed by atoms with E-state index in [1.54, 1.807) is 33.1 Å². The lowest BCUT2D eigenvalue weighted by molar-refractivity contribution is -0.195. The first-order valence-electron chi connectivity index (χ1n) is 9.79. The van der Waals surface area contributed by atoms with Crippen LogP contribution in [0.4, 0.5) is 4.79 Å². The topological polar surface area (TPSA) is 129 Å². The number of Topliss-reactive ketones (excluding diaryl/α,β-unsaturated/α-hetero) is 1. The third-order valence-corrected chi connectivity index (χ3v) is 5.28. The number of nitrogens with one attached hydrogen (secondary N) is 1. The predicted octanol–water partition coefficient (Wildman–Crippen LogP) is 1.55. The number of carbonyl (C=O) groups excluding carboxylic acids is 3. The second kappa shape index (κ2) is 9.28. The largest absolute Gasteiger partial charge is 0.457 e. The second-order valence-corrected chi connectivity index (χ2v) is 9.26. The van der Waals surface area contributed by atoms with Crippen LogP contribution in [0.1, 0.15) is 44.3 Å². The molecule has 1 aromatic heterocycles. The first-order chi connectivity index (χ1) is 14.6. The number of aryl methyl sites for hydroxylation is 1. The summed E-state index contributed by atoms with van der Waals surface area (Å²) in [5.74, 6) is -1.07. The third-order valence-electron chi connectivity index (χ3n) is 4.51. The van der Waals surface area contributed by atoms with Gasteiger partial charge in [0.2, 0.25) is 11.4 Å². The molecule has 0 aliphatic carbocycles. The van der Waals surface area contributed by atoms with Crippen LogP contribution in [0, 0.1) is 6.92 Å². The summed E-state index contributed by atoms with van der Waals surface area (Å²) >= 11 is 1.34. The first-order valence-corrected chi connectivity index (χ1v) is 10.7. The van der Waals surface area contributed by atoms with Gasteiger partial charge in [0.05, 0.1) is 24.8 Å². The number of hydrogen-bond donors (Lipinski definition) is 1. The molecule has 12 heteroatoms. The van der Waals surface area contributed by atoms with Gasteiger partial charge in [0.15, 0.2) is 12.4 Å². The molecule has 31 heavy (non-hydrogen) atoms. The highest BCUT2D eigenvalue weighted by atomic mass is 32.1.